The fourth-order valence-electron chi connectivity index (χ4n) is 2.68. The Bertz CT molecular complexity index is 682. The Balaban J connectivity index is 2.68. The van der Waals surface area contributed by atoms with Crippen LogP contribution in [-0.2, 0) is 9.59 Å². The summed E-state index contributed by atoms with van der Waals surface area (Å²) in [6.45, 7) is 7.42. The molecule has 3 N–H and O–H groups in total. The van der Waals surface area contributed by atoms with Crippen LogP contribution in [0.3, 0.4) is 0 Å². The molecule has 1 amide bonds. The van der Waals surface area contributed by atoms with Crippen molar-refractivity contribution in [3.63, 3.8) is 0 Å². The smallest absolute Gasteiger partial charge is 0.233 e. The van der Waals surface area contributed by atoms with E-state index in [-0.39, 0.29) is 25.2 Å². The van der Waals surface area contributed by atoms with Gasteiger partial charge in [-0.25, -0.2) is 0 Å². The highest BCUT2D eigenvalue weighted by atomic mass is 16.3. The average molecular weight is 359 g/mol. The Kier molecular flexibility index (Phi) is 8.42. The maximum absolute atomic E-state index is 12.4. The SMILES string of the molecule is C\C=C(C)/C=C(C)/C=C/C=C/C=C(\C)C(=O)C1CC(O)(CCO)NC1=O. The molecule has 5 heteroatoms. The third-order valence-corrected chi connectivity index (χ3v) is 4.28. The molecule has 1 aliphatic rings. The van der Waals surface area contributed by atoms with Gasteiger partial charge < -0.3 is 15.5 Å². The number of allylic oxidation sites excluding steroid dienone is 10. The molecule has 0 aromatic carbocycles. The molecule has 0 aliphatic carbocycles. The minimum atomic E-state index is -1.50. The van der Waals surface area contributed by atoms with Crippen molar-refractivity contribution in [3.8, 4) is 0 Å². The fraction of sp³-hybridized carbons (Fsp3) is 0.429. The molecule has 1 rings (SSSR count). The molecule has 2 atom stereocenters. The van der Waals surface area contributed by atoms with E-state index in [9.17, 15) is 14.7 Å². The lowest BCUT2D eigenvalue weighted by Crippen LogP contribution is -2.42. The highest BCUT2D eigenvalue weighted by Gasteiger charge is 2.45. The second kappa shape index (κ2) is 10.0. The maximum Gasteiger partial charge on any atom is 0.233 e. The van der Waals surface area contributed by atoms with Crippen LogP contribution in [0.4, 0.5) is 0 Å². The predicted molar refractivity (Wildman–Crippen MR) is 103 cm³/mol. The molecule has 142 valence electrons. The van der Waals surface area contributed by atoms with Crippen molar-refractivity contribution >= 4 is 11.7 Å². The Morgan fingerprint density at radius 2 is 1.92 bits per heavy atom. The largest absolute Gasteiger partial charge is 0.396 e. The Labute approximate surface area is 155 Å². The standard InChI is InChI=1S/C21H29NO4/c1-5-15(2)13-16(3)9-7-6-8-10-17(4)19(24)18-14-21(26,11-12-23)22-20(18)25/h5-10,13,18,23,26H,11-12,14H2,1-4H3,(H,22,25)/b8-6+,9-7+,15-5-,16-13+,17-10+. The van der Waals surface area contributed by atoms with Crippen LogP contribution < -0.4 is 5.32 Å². The zero-order chi connectivity index (χ0) is 19.7. The van der Waals surface area contributed by atoms with E-state index in [0.29, 0.717) is 5.57 Å². The zero-order valence-corrected chi connectivity index (χ0v) is 16.0. The number of carbonyl (C=O) groups excluding carboxylic acids is 2. The summed E-state index contributed by atoms with van der Waals surface area (Å²) in [5, 5.41) is 21.5. The highest BCUT2D eigenvalue weighted by Crippen LogP contribution is 2.28. The lowest BCUT2D eigenvalue weighted by molar-refractivity contribution is -0.130. The van der Waals surface area contributed by atoms with Gasteiger partial charge in [0.05, 0.1) is 0 Å². The number of ketones is 1. The van der Waals surface area contributed by atoms with Gasteiger partial charge in [-0.15, -0.1) is 0 Å². The van der Waals surface area contributed by atoms with Gasteiger partial charge in [-0.2, -0.15) is 0 Å². The lowest BCUT2D eigenvalue weighted by Gasteiger charge is -2.20. The monoisotopic (exact) mass is 359 g/mol. The first-order chi connectivity index (χ1) is 12.2. The van der Waals surface area contributed by atoms with Crippen LogP contribution in [0, 0.1) is 5.92 Å². The van der Waals surface area contributed by atoms with E-state index in [1.165, 1.54) is 5.57 Å². The van der Waals surface area contributed by atoms with Crippen molar-refractivity contribution < 1.29 is 19.8 Å². The zero-order valence-electron chi connectivity index (χ0n) is 16.0. The second-order valence-electron chi connectivity index (χ2n) is 6.63. The summed E-state index contributed by atoms with van der Waals surface area (Å²) in [7, 11) is 0. The van der Waals surface area contributed by atoms with Crippen LogP contribution in [-0.4, -0.2) is 34.2 Å². The topological polar surface area (TPSA) is 86.6 Å². The van der Waals surface area contributed by atoms with Gasteiger partial charge in [-0.3, -0.25) is 9.59 Å². The van der Waals surface area contributed by atoms with Gasteiger partial charge in [0, 0.05) is 19.4 Å². The quantitative estimate of drug-likeness (QED) is 0.353. The third-order valence-electron chi connectivity index (χ3n) is 4.28. The first kappa shape index (κ1) is 21.8. The number of hydrogen-bond acceptors (Lipinski definition) is 4. The second-order valence-corrected chi connectivity index (χ2v) is 6.63. The molecule has 1 heterocycles. The fourth-order valence-corrected chi connectivity index (χ4v) is 2.68. The molecular weight excluding hydrogens is 330 g/mol. The van der Waals surface area contributed by atoms with Gasteiger partial charge in [-0.05, 0) is 33.3 Å². The number of carbonyl (C=O) groups is 2. The van der Waals surface area contributed by atoms with Crippen LogP contribution >= 0.6 is 0 Å². The van der Waals surface area contributed by atoms with Crippen molar-refractivity contribution in [2.75, 3.05) is 6.61 Å². The number of Topliss-reactive ketones (excluding diaryl/α,β-unsaturated/α-hetero) is 1. The van der Waals surface area contributed by atoms with Crippen molar-refractivity contribution in [2.24, 2.45) is 5.92 Å². The maximum atomic E-state index is 12.4. The van der Waals surface area contributed by atoms with Gasteiger partial charge in [-0.1, -0.05) is 53.7 Å². The summed E-state index contributed by atoms with van der Waals surface area (Å²) in [5.41, 5.74) is 1.25. The average Bonchev–Trinajstić information content (AvgIpc) is 2.88. The number of amides is 1. The van der Waals surface area contributed by atoms with Crippen molar-refractivity contribution in [3.05, 3.63) is 59.3 Å². The van der Waals surface area contributed by atoms with Crippen LogP contribution in [0.25, 0.3) is 0 Å². The van der Waals surface area contributed by atoms with Gasteiger partial charge >= 0.3 is 0 Å². The molecule has 0 saturated carbocycles. The lowest BCUT2D eigenvalue weighted by atomic mass is 9.93. The minimum Gasteiger partial charge on any atom is -0.396 e. The number of hydrogen-bond donors (Lipinski definition) is 3. The van der Waals surface area contributed by atoms with Gasteiger partial charge in [0.1, 0.15) is 11.6 Å². The van der Waals surface area contributed by atoms with E-state index in [2.05, 4.69) is 11.4 Å². The molecule has 1 saturated heterocycles. The van der Waals surface area contributed by atoms with E-state index < -0.39 is 17.6 Å². The number of aliphatic hydroxyl groups excluding tert-OH is 1. The molecule has 1 fully saturated rings. The first-order valence-electron chi connectivity index (χ1n) is 8.74. The van der Waals surface area contributed by atoms with Crippen LogP contribution in [0.2, 0.25) is 0 Å². The Morgan fingerprint density at radius 3 is 2.54 bits per heavy atom. The molecule has 1 aliphatic heterocycles. The van der Waals surface area contributed by atoms with E-state index in [1.54, 1.807) is 19.1 Å². The van der Waals surface area contributed by atoms with Gasteiger partial charge in [0.2, 0.25) is 5.91 Å². The number of nitrogens with one attached hydrogen (secondary N) is 1. The number of rotatable bonds is 8. The Morgan fingerprint density at radius 1 is 1.23 bits per heavy atom. The van der Waals surface area contributed by atoms with E-state index in [4.69, 9.17) is 5.11 Å². The predicted octanol–water partition coefficient (Wildman–Crippen LogP) is 2.73. The summed E-state index contributed by atoms with van der Waals surface area (Å²) in [6, 6.07) is 0. The molecule has 0 bridgehead atoms. The molecule has 0 aromatic heterocycles. The van der Waals surface area contributed by atoms with Crippen molar-refractivity contribution in [2.45, 2.75) is 46.3 Å². The molecule has 2 unspecified atom stereocenters. The summed E-state index contributed by atoms with van der Waals surface area (Å²) >= 11 is 0. The molecule has 26 heavy (non-hydrogen) atoms. The number of aliphatic hydroxyl groups is 2. The minimum absolute atomic E-state index is 0.00947. The van der Waals surface area contributed by atoms with Crippen LogP contribution in [0.5, 0.6) is 0 Å². The van der Waals surface area contributed by atoms with Crippen molar-refractivity contribution in [1.82, 2.24) is 5.32 Å². The normalized spacial score (nSPS) is 25.4. The highest BCUT2D eigenvalue weighted by molar-refractivity contribution is 6.10. The molecule has 0 aromatic rings. The van der Waals surface area contributed by atoms with E-state index >= 15 is 0 Å². The molecular formula is C21H29NO4. The van der Waals surface area contributed by atoms with Crippen molar-refractivity contribution in [1.29, 1.82) is 0 Å². The molecule has 0 spiro atoms. The third kappa shape index (κ3) is 6.58. The summed E-state index contributed by atoms with van der Waals surface area (Å²) in [6.07, 6.45) is 13.2. The van der Waals surface area contributed by atoms with Gasteiger partial charge in [0.15, 0.2) is 5.78 Å². The summed E-state index contributed by atoms with van der Waals surface area (Å²) in [4.78, 5) is 24.3. The molecule has 5 nitrogen and oxygen atoms in total. The Hall–Kier alpha value is -2.24. The van der Waals surface area contributed by atoms with Gasteiger partial charge in [0.25, 0.3) is 0 Å². The van der Waals surface area contributed by atoms with Crippen LogP contribution in [0.15, 0.2) is 59.3 Å². The molecule has 0 radical (unpaired) electrons. The van der Waals surface area contributed by atoms with Crippen LogP contribution in [0.1, 0.15) is 40.5 Å². The van der Waals surface area contributed by atoms with E-state index in [0.717, 1.165) is 5.57 Å². The first-order valence-corrected chi connectivity index (χ1v) is 8.74. The van der Waals surface area contributed by atoms with E-state index in [1.807, 2.05) is 45.1 Å². The summed E-state index contributed by atoms with van der Waals surface area (Å²) in [5.74, 6) is -1.73. The summed E-state index contributed by atoms with van der Waals surface area (Å²) < 4.78 is 0.